The summed E-state index contributed by atoms with van der Waals surface area (Å²) in [4.78, 5) is 15.0. The molecule has 1 amide bonds. The van der Waals surface area contributed by atoms with E-state index in [0.717, 1.165) is 49.5 Å². The summed E-state index contributed by atoms with van der Waals surface area (Å²) in [5.74, 6) is -0.383. The fraction of sp³-hybridized carbons (Fsp3) is 0.296. The molecule has 1 heterocycles. The monoisotopic (exact) mass is 527 g/mol. The number of nitrogens with one attached hydrogen (secondary N) is 2. The van der Waals surface area contributed by atoms with Gasteiger partial charge in [0.2, 0.25) is 0 Å². The average Bonchev–Trinajstić information content (AvgIpc) is 2.86. The number of morpholine rings is 1. The molecule has 190 valence electrons. The fourth-order valence-corrected chi connectivity index (χ4v) is 5.51. The molecule has 0 aliphatic carbocycles. The van der Waals surface area contributed by atoms with Gasteiger partial charge in [-0.05, 0) is 66.4 Å². The van der Waals surface area contributed by atoms with Crippen LogP contribution in [-0.2, 0) is 27.8 Å². The summed E-state index contributed by atoms with van der Waals surface area (Å²) >= 11 is 6.20. The van der Waals surface area contributed by atoms with Gasteiger partial charge in [0, 0.05) is 37.4 Å². The lowest BCUT2D eigenvalue weighted by Crippen LogP contribution is -2.35. The Bertz CT molecular complexity index is 1340. The Labute approximate surface area is 217 Å². The second-order valence-corrected chi connectivity index (χ2v) is 11.0. The minimum absolute atomic E-state index is 0.0405. The molecule has 0 bridgehead atoms. The van der Waals surface area contributed by atoms with Gasteiger partial charge in [-0.3, -0.25) is 14.4 Å². The molecule has 0 unspecified atom stereocenters. The lowest BCUT2D eigenvalue weighted by atomic mass is 10.1. The van der Waals surface area contributed by atoms with Gasteiger partial charge in [-0.15, -0.1) is 0 Å². The summed E-state index contributed by atoms with van der Waals surface area (Å²) < 4.78 is 34.0. The van der Waals surface area contributed by atoms with Crippen molar-refractivity contribution in [2.75, 3.05) is 31.0 Å². The number of rotatable bonds is 8. The number of ether oxygens (including phenoxy) is 1. The minimum Gasteiger partial charge on any atom is -0.379 e. The summed E-state index contributed by atoms with van der Waals surface area (Å²) in [5, 5.41) is 2.89. The molecule has 0 aromatic heterocycles. The Hall–Kier alpha value is -2.91. The number of nitrogens with zero attached hydrogens (tertiary/aromatic N) is 1. The molecule has 0 saturated carbocycles. The van der Waals surface area contributed by atoms with Gasteiger partial charge < -0.3 is 10.1 Å². The average molecular weight is 528 g/mol. The van der Waals surface area contributed by atoms with Crippen molar-refractivity contribution in [3.05, 3.63) is 93.5 Å². The molecule has 0 radical (unpaired) electrons. The summed E-state index contributed by atoms with van der Waals surface area (Å²) in [6, 6.07) is 17.6. The Kier molecular flexibility index (Phi) is 8.31. The van der Waals surface area contributed by atoms with E-state index in [9.17, 15) is 13.2 Å². The number of carbonyl (C=O) groups is 1. The van der Waals surface area contributed by atoms with E-state index in [2.05, 4.69) is 27.1 Å². The van der Waals surface area contributed by atoms with E-state index in [1.807, 2.05) is 32.0 Å². The zero-order chi connectivity index (χ0) is 25.7. The molecule has 1 fully saturated rings. The molecular formula is C27H30ClN3O4S. The Morgan fingerprint density at radius 2 is 1.64 bits per heavy atom. The molecule has 9 heteroatoms. The largest absolute Gasteiger partial charge is 0.379 e. The second kappa shape index (κ2) is 11.4. The van der Waals surface area contributed by atoms with Crippen LogP contribution >= 0.6 is 11.6 Å². The number of sulfonamides is 1. The number of anilines is 1. The van der Waals surface area contributed by atoms with Crippen LogP contribution in [0, 0.1) is 13.8 Å². The van der Waals surface area contributed by atoms with Gasteiger partial charge in [-0.25, -0.2) is 8.42 Å². The highest BCUT2D eigenvalue weighted by Crippen LogP contribution is 2.26. The van der Waals surface area contributed by atoms with Crippen LogP contribution in [0.25, 0.3) is 0 Å². The van der Waals surface area contributed by atoms with Gasteiger partial charge in [0.05, 0.1) is 18.2 Å². The summed E-state index contributed by atoms with van der Waals surface area (Å²) in [6.07, 6.45) is 0. The van der Waals surface area contributed by atoms with Crippen molar-refractivity contribution in [1.29, 1.82) is 0 Å². The van der Waals surface area contributed by atoms with Gasteiger partial charge in [-0.1, -0.05) is 41.9 Å². The number of hydrogen-bond acceptors (Lipinski definition) is 5. The maximum atomic E-state index is 13.0. The van der Waals surface area contributed by atoms with Gasteiger partial charge in [0.25, 0.3) is 15.9 Å². The van der Waals surface area contributed by atoms with E-state index in [1.165, 1.54) is 23.8 Å². The van der Waals surface area contributed by atoms with Crippen molar-refractivity contribution < 1.29 is 17.9 Å². The molecule has 0 atom stereocenters. The highest BCUT2D eigenvalue weighted by molar-refractivity contribution is 7.92. The first-order chi connectivity index (χ1) is 17.2. The van der Waals surface area contributed by atoms with Gasteiger partial charge in [-0.2, -0.15) is 0 Å². The number of amides is 1. The zero-order valence-electron chi connectivity index (χ0n) is 20.4. The van der Waals surface area contributed by atoms with Crippen LogP contribution in [0.4, 0.5) is 5.69 Å². The highest BCUT2D eigenvalue weighted by atomic mass is 35.5. The molecule has 36 heavy (non-hydrogen) atoms. The number of carbonyl (C=O) groups excluding carboxylic acids is 1. The van der Waals surface area contributed by atoms with Crippen molar-refractivity contribution in [2.45, 2.75) is 31.8 Å². The van der Waals surface area contributed by atoms with Crippen molar-refractivity contribution in [1.82, 2.24) is 10.2 Å². The SMILES string of the molecule is Cc1ccc(NS(=O)(=O)c2cc(C(=O)NCc3ccc(CN4CCOCC4)cc3)ccc2Cl)cc1C. The van der Waals surface area contributed by atoms with Crippen LogP contribution in [-0.4, -0.2) is 45.5 Å². The van der Waals surface area contributed by atoms with Crippen molar-refractivity contribution in [2.24, 2.45) is 0 Å². The predicted molar refractivity (Wildman–Crippen MR) is 142 cm³/mol. The number of aryl methyl sites for hydroxylation is 2. The molecule has 1 aliphatic heterocycles. The van der Waals surface area contributed by atoms with Gasteiger partial charge in [0.15, 0.2) is 0 Å². The smallest absolute Gasteiger partial charge is 0.263 e. The van der Waals surface area contributed by atoms with Crippen LogP contribution in [0.3, 0.4) is 0 Å². The maximum Gasteiger partial charge on any atom is 0.263 e. The highest BCUT2D eigenvalue weighted by Gasteiger charge is 2.21. The number of hydrogen-bond donors (Lipinski definition) is 2. The van der Waals surface area contributed by atoms with Crippen molar-refractivity contribution >= 4 is 33.2 Å². The van der Waals surface area contributed by atoms with Crippen LogP contribution in [0.2, 0.25) is 5.02 Å². The van der Waals surface area contributed by atoms with Gasteiger partial charge in [0.1, 0.15) is 4.90 Å². The molecule has 7 nitrogen and oxygen atoms in total. The first kappa shape index (κ1) is 26.2. The lowest BCUT2D eigenvalue weighted by Gasteiger charge is -2.26. The van der Waals surface area contributed by atoms with Crippen molar-refractivity contribution in [3.63, 3.8) is 0 Å². The predicted octanol–water partition coefficient (Wildman–Crippen LogP) is 4.52. The Balaban J connectivity index is 1.40. The van der Waals surface area contributed by atoms with Crippen LogP contribution in [0.15, 0.2) is 65.6 Å². The van der Waals surface area contributed by atoms with E-state index in [-0.39, 0.29) is 21.4 Å². The maximum absolute atomic E-state index is 13.0. The lowest BCUT2D eigenvalue weighted by molar-refractivity contribution is 0.0342. The van der Waals surface area contributed by atoms with E-state index in [1.54, 1.807) is 12.1 Å². The molecule has 2 N–H and O–H groups in total. The summed E-state index contributed by atoms with van der Waals surface area (Å²) in [5.41, 5.74) is 4.82. The molecular weight excluding hydrogens is 498 g/mol. The molecule has 3 aromatic rings. The normalized spacial score (nSPS) is 14.4. The van der Waals surface area contributed by atoms with E-state index >= 15 is 0 Å². The van der Waals surface area contributed by atoms with Crippen LogP contribution < -0.4 is 10.0 Å². The Morgan fingerprint density at radius 3 is 2.33 bits per heavy atom. The molecule has 4 rings (SSSR count). The second-order valence-electron chi connectivity index (χ2n) is 8.94. The standard InChI is InChI=1S/C27H30ClN3O4S/c1-19-3-9-24(15-20(19)2)30-36(33,34)26-16-23(8-10-25(26)28)27(32)29-17-21-4-6-22(7-5-21)18-31-11-13-35-14-12-31/h3-10,15-16,30H,11-14,17-18H2,1-2H3,(H,29,32). The molecule has 3 aromatic carbocycles. The third kappa shape index (κ3) is 6.64. The number of benzene rings is 3. The van der Waals surface area contributed by atoms with Crippen molar-refractivity contribution in [3.8, 4) is 0 Å². The summed E-state index contributed by atoms with van der Waals surface area (Å²) in [7, 11) is -3.99. The third-order valence-corrected chi connectivity index (χ3v) is 8.09. The number of halogens is 1. The van der Waals surface area contributed by atoms with Crippen LogP contribution in [0.1, 0.15) is 32.6 Å². The van der Waals surface area contributed by atoms with E-state index in [0.29, 0.717) is 12.2 Å². The quantitative estimate of drug-likeness (QED) is 0.450. The van der Waals surface area contributed by atoms with Gasteiger partial charge >= 0.3 is 0 Å². The topological polar surface area (TPSA) is 87.7 Å². The van der Waals surface area contributed by atoms with E-state index in [4.69, 9.17) is 16.3 Å². The first-order valence-corrected chi connectivity index (χ1v) is 13.6. The Morgan fingerprint density at radius 1 is 0.944 bits per heavy atom. The van der Waals surface area contributed by atoms with Crippen LogP contribution in [0.5, 0.6) is 0 Å². The third-order valence-electron chi connectivity index (χ3n) is 6.23. The molecule has 0 spiro atoms. The molecule has 1 saturated heterocycles. The van der Waals surface area contributed by atoms with E-state index < -0.39 is 10.0 Å². The minimum atomic E-state index is -3.99. The zero-order valence-corrected chi connectivity index (χ0v) is 22.0. The molecule has 1 aliphatic rings. The fourth-order valence-electron chi connectivity index (χ4n) is 3.93. The summed E-state index contributed by atoms with van der Waals surface area (Å²) in [6.45, 7) is 8.43. The first-order valence-electron chi connectivity index (χ1n) is 11.8.